The molecule has 3 rings (SSSR count). The summed E-state index contributed by atoms with van der Waals surface area (Å²) in [7, 11) is 1.62. The van der Waals surface area contributed by atoms with Gasteiger partial charge in [0.1, 0.15) is 12.4 Å². The third-order valence-corrected chi connectivity index (χ3v) is 4.65. The molecule has 0 bridgehead atoms. The number of rotatable bonds is 5. The van der Waals surface area contributed by atoms with E-state index in [4.69, 9.17) is 4.74 Å². The van der Waals surface area contributed by atoms with Gasteiger partial charge in [0.2, 0.25) is 5.91 Å². The summed E-state index contributed by atoms with van der Waals surface area (Å²) in [6.45, 7) is 2.27. The largest absolute Gasteiger partial charge is 0.377 e. The first-order valence-electron chi connectivity index (χ1n) is 8.12. The van der Waals surface area contributed by atoms with Crippen molar-refractivity contribution in [3.63, 3.8) is 0 Å². The van der Waals surface area contributed by atoms with Crippen LogP contribution in [0.25, 0.3) is 0 Å². The van der Waals surface area contributed by atoms with Crippen molar-refractivity contribution in [3.05, 3.63) is 18.1 Å². The number of hydrogen-bond acceptors (Lipinski definition) is 5. The zero-order valence-corrected chi connectivity index (χ0v) is 13.4. The average molecular weight is 322 g/mol. The van der Waals surface area contributed by atoms with Gasteiger partial charge in [-0.2, -0.15) is 0 Å². The van der Waals surface area contributed by atoms with Gasteiger partial charge >= 0.3 is 0 Å². The van der Waals surface area contributed by atoms with Gasteiger partial charge in [0, 0.05) is 51.3 Å². The lowest BCUT2D eigenvalue weighted by atomic mass is 10.0. The van der Waals surface area contributed by atoms with Crippen LogP contribution in [-0.2, 0) is 16.1 Å². The van der Waals surface area contributed by atoms with Crippen LogP contribution in [0.4, 0.5) is 10.2 Å². The number of alkyl halides is 1. The third kappa shape index (κ3) is 3.60. The number of halogens is 1. The summed E-state index contributed by atoms with van der Waals surface area (Å²) in [4.78, 5) is 24.8. The summed E-state index contributed by atoms with van der Waals surface area (Å²) in [5, 5.41) is 0. The molecule has 2 saturated heterocycles. The van der Waals surface area contributed by atoms with Crippen LogP contribution in [0.3, 0.4) is 0 Å². The fourth-order valence-corrected chi connectivity index (χ4v) is 3.43. The Labute approximate surface area is 135 Å². The fraction of sp³-hybridized carbons (Fsp3) is 0.688. The topological polar surface area (TPSA) is 58.6 Å². The van der Waals surface area contributed by atoms with Crippen LogP contribution in [0.15, 0.2) is 12.3 Å². The van der Waals surface area contributed by atoms with Crippen LogP contribution in [0.1, 0.15) is 25.1 Å². The Kier molecular flexibility index (Phi) is 5.05. The Bertz CT molecular complexity index is 549. The van der Waals surface area contributed by atoms with Gasteiger partial charge in [-0.25, -0.2) is 9.97 Å². The molecule has 0 N–H and O–H groups in total. The number of likely N-dealkylation sites (tertiary alicyclic amines) is 1. The van der Waals surface area contributed by atoms with E-state index >= 15 is 0 Å². The number of methoxy groups -OCH3 is 1. The van der Waals surface area contributed by atoms with Gasteiger partial charge in [-0.15, -0.1) is 0 Å². The minimum atomic E-state index is -0.399. The highest BCUT2D eigenvalue weighted by Crippen LogP contribution is 2.27. The summed E-state index contributed by atoms with van der Waals surface area (Å²) in [5.41, 5.74) is 0. The first-order valence-corrected chi connectivity index (χ1v) is 8.12. The first kappa shape index (κ1) is 16.1. The van der Waals surface area contributed by atoms with Gasteiger partial charge < -0.3 is 14.5 Å². The van der Waals surface area contributed by atoms with Gasteiger partial charge in [-0.05, 0) is 18.9 Å². The molecule has 1 unspecified atom stereocenters. The lowest BCUT2D eigenvalue weighted by Crippen LogP contribution is -2.46. The zero-order valence-electron chi connectivity index (χ0n) is 13.4. The fourth-order valence-electron chi connectivity index (χ4n) is 3.43. The maximum atomic E-state index is 12.8. The lowest BCUT2D eigenvalue weighted by molar-refractivity contribution is -0.130. The van der Waals surface area contributed by atoms with Crippen LogP contribution in [-0.4, -0.2) is 60.2 Å². The van der Waals surface area contributed by atoms with Gasteiger partial charge in [0.25, 0.3) is 0 Å². The number of piperidine rings is 1. The number of anilines is 1. The van der Waals surface area contributed by atoms with E-state index in [1.807, 2.05) is 11.0 Å². The Morgan fingerprint density at radius 3 is 2.83 bits per heavy atom. The molecule has 0 spiro atoms. The maximum Gasteiger partial charge on any atom is 0.223 e. The van der Waals surface area contributed by atoms with E-state index in [0.717, 1.165) is 31.7 Å². The molecular weight excluding hydrogens is 299 g/mol. The molecule has 2 fully saturated rings. The van der Waals surface area contributed by atoms with Crippen molar-refractivity contribution >= 4 is 11.7 Å². The number of aromatic nitrogens is 2. The molecule has 1 aromatic heterocycles. The molecule has 23 heavy (non-hydrogen) atoms. The minimum Gasteiger partial charge on any atom is -0.377 e. The number of ether oxygens (including phenoxy) is 1. The smallest absolute Gasteiger partial charge is 0.223 e. The lowest BCUT2D eigenvalue weighted by Gasteiger charge is -2.37. The number of hydrogen-bond donors (Lipinski definition) is 0. The predicted molar refractivity (Wildman–Crippen MR) is 83.8 cm³/mol. The van der Waals surface area contributed by atoms with Gasteiger partial charge in [-0.1, -0.05) is 0 Å². The highest BCUT2D eigenvalue weighted by molar-refractivity contribution is 5.79. The molecular formula is C16H23FN4O2. The molecule has 0 saturated carbocycles. The predicted octanol–water partition coefficient (Wildman–Crippen LogP) is 1.41. The van der Waals surface area contributed by atoms with Crippen LogP contribution >= 0.6 is 0 Å². The highest BCUT2D eigenvalue weighted by Gasteiger charge is 2.35. The Morgan fingerprint density at radius 1 is 1.39 bits per heavy atom. The monoisotopic (exact) mass is 322 g/mol. The van der Waals surface area contributed by atoms with E-state index in [1.54, 1.807) is 13.3 Å². The second-order valence-corrected chi connectivity index (χ2v) is 6.25. The molecule has 2 aliphatic heterocycles. The Hall–Kier alpha value is -1.76. The van der Waals surface area contributed by atoms with Crippen molar-refractivity contribution in [2.75, 3.05) is 38.3 Å². The molecule has 1 atom stereocenters. The highest BCUT2D eigenvalue weighted by atomic mass is 19.1. The van der Waals surface area contributed by atoms with Crippen LogP contribution in [0, 0.1) is 5.92 Å². The van der Waals surface area contributed by atoms with Gasteiger partial charge in [0.15, 0.2) is 5.82 Å². The van der Waals surface area contributed by atoms with Crippen molar-refractivity contribution in [1.29, 1.82) is 0 Å². The number of amides is 1. The van der Waals surface area contributed by atoms with Crippen molar-refractivity contribution < 1.29 is 13.9 Å². The summed E-state index contributed by atoms with van der Waals surface area (Å²) in [5.74, 6) is 1.57. The summed E-state index contributed by atoms with van der Waals surface area (Å²) in [6.07, 6.45) is 3.91. The second kappa shape index (κ2) is 7.21. The van der Waals surface area contributed by atoms with E-state index in [-0.39, 0.29) is 17.9 Å². The summed E-state index contributed by atoms with van der Waals surface area (Å²) < 4.78 is 17.9. The SMILES string of the molecule is COCc1nccc(N2CCC(N3CC(CF)CC3=O)CC2)n1. The molecule has 1 amide bonds. The molecule has 0 aliphatic carbocycles. The van der Waals surface area contributed by atoms with Crippen LogP contribution in [0.5, 0.6) is 0 Å². The molecule has 2 aliphatic rings. The van der Waals surface area contributed by atoms with Crippen molar-refractivity contribution in [3.8, 4) is 0 Å². The maximum absolute atomic E-state index is 12.8. The number of nitrogens with zero attached hydrogens (tertiary/aromatic N) is 4. The molecule has 126 valence electrons. The molecule has 3 heterocycles. The average Bonchev–Trinajstić information content (AvgIpc) is 2.97. The van der Waals surface area contributed by atoms with E-state index in [1.165, 1.54) is 0 Å². The van der Waals surface area contributed by atoms with Crippen molar-refractivity contribution in [2.45, 2.75) is 31.9 Å². The Balaban J connectivity index is 1.58. The molecule has 6 nitrogen and oxygen atoms in total. The van der Waals surface area contributed by atoms with E-state index in [0.29, 0.717) is 25.4 Å². The second-order valence-electron chi connectivity index (χ2n) is 6.25. The number of carbonyl (C=O) groups excluding carboxylic acids is 1. The summed E-state index contributed by atoms with van der Waals surface area (Å²) >= 11 is 0. The van der Waals surface area contributed by atoms with Crippen LogP contribution < -0.4 is 4.90 Å². The van der Waals surface area contributed by atoms with Gasteiger partial charge in [0.05, 0.1) is 6.67 Å². The molecule has 7 heteroatoms. The molecule has 1 aromatic rings. The molecule has 0 aromatic carbocycles. The van der Waals surface area contributed by atoms with E-state index < -0.39 is 6.67 Å². The quantitative estimate of drug-likeness (QED) is 0.820. The first-order chi connectivity index (χ1) is 11.2. The zero-order chi connectivity index (χ0) is 16.2. The van der Waals surface area contributed by atoms with E-state index in [2.05, 4.69) is 14.9 Å². The van der Waals surface area contributed by atoms with Gasteiger partial charge in [-0.3, -0.25) is 9.18 Å². The molecule has 0 radical (unpaired) electrons. The number of carbonyl (C=O) groups is 1. The van der Waals surface area contributed by atoms with Crippen LogP contribution in [0.2, 0.25) is 0 Å². The normalized spacial score (nSPS) is 22.9. The summed E-state index contributed by atoms with van der Waals surface area (Å²) in [6, 6.07) is 2.13. The standard InChI is InChI=1S/C16H23FN4O2/c1-23-11-14-18-5-2-15(19-14)20-6-3-13(4-7-20)21-10-12(9-17)8-16(21)22/h2,5,12-13H,3-4,6-11H2,1H3. The van der Waals surface area contributed by atoms with Crippen molar-refractivity contribution in [2.24, 2.45) is 5.92 Å². The third-order valence-electron chi connectivity index (χ3n) is 4.65. The van der Waals surface area contributed by atoms with Crippen molar-refractivity contribution in [1.82, 2.24) is 14.9 Å². The Morgan fingerprint density at radius 2 is 2.17 bits per heavy atom. The van der Waals surface area contributed by atoms with E-state index in [9.17, 15) is 9.18 Å². The minimum absolute atomic E-state index is 0.107.